The van der Waals surface area contributed by atoms with Gasteiger partial charge in [0.2, 0.25) is 0 Å². The van der Waals surface area contributed by atoms with Gasteiger partial charge in [0.05, 0.1) is 42.3 Å². The second kappa shape index (κ2) is 9.18. The molecule has 0 aromatic heterocycles. The molecule has 1 fully saturated rings. The summed E-state index contributed by atoms with van der Waals surface area (Å²) in [4.78, 5) is 27.1. The summed E-state index contributed by atoms with van der Waals surface area (Å²) in [6.07, 6.45) is 0. The molecule has 0 radical (unpaired) electrons. The number of carbonyl (C=O) groups excluding carboxylic acids is 2. The van der Waals surface area contributed by atoms with Crippen LogP contribution < -0.4 is 10.2 Å². The molecule has 1 aliphatic heterocycles. The van der Waals surface area contributed by atoms with Gasteiger partial charge in [-0.1, -0.05) is 12.1 Å². The van der Waals surface area contributed by atoms with E-state index in [1.54, 1.807) is 25.1 Å². The maximum atomic E-state index is 12.8. The molecule has 1 saturated heterocycles. The van der Waals surface area contributed by atoms with Crippen LogP contribution in [0.1, 0.15) is 27.6 Å². The van der Waals surface area contributed by atoms with Gasteiger partial charge in [0, 0.05) is 16.7 Å². The Morgan fingerprint density at radius 1 is 1.19 bits per heavy atom. The van der Waals surface area contributed by atoms with Crippen LogP contribution in [-0.2, 0) is 9.47 Å². The van der Waals surface area contributed by atoms with Crippen molar-refractivity contribution < 1.29 is 19.1 Å². The number of morpholine rings is 1. The lowest BCUT2D eigenvalue weighted by Crippen LogP contribution is -2.36. The Morgan fingerprint density at radius 3 is 2.63 bits per heavy atom. The number of ether oxygens (including phenoxy) is 2. The third kappa shape index (κ3) is 4.78. The second-order valence-electron chi connectivity index (χ2n) is 5.99. The number of benzene rings is 2. The van der Waals surface area contributed by atoms with Gasteiger partial charge in [0.1, 0.15) is 0 Å². The molecule has 27 heavy (non-hydrogen) atoms. The average Bonchev–Trinajstić information content (AvgIpc) is 2.69. The molecule has 0 saturated carbocycles. The molecular formula is C20H21IN2O4. The molecule has 1 amide bonds. The van der Waals surface area contributed by atoms with Crippen molar-refractivity contribution in [2.45, 2.75) is 6.92 Å². The van der Waals surface area contributed by atoms with Crippen LogP contribution in [0.3, 0.4) is 0 Å². The number of esters is 1. The lowest BCUT2D eigenvalue weighted by atomic mass is 10.1. The van der Waals surface area contributed by atoms with Crippen molar-refractivity contribution in [1.29, 1.82) is 0 Å². The Hall–Kier alpha value is -2.13. The van der Waals surface area contributed by atoms with Gasteiger partial charge in [-0.2, -0.15) is 0 Å². The first-order valence-corrected chi connectivity index (χ1v) is 9.87. The minimum atomic E-state index is -0.407. The van der Waals surface area contributed by atoms with Gasteiger partial charge in [0.25, 0.3) is 5.91 Å². The summed E-state index contributed by atoms with van der Waals surface area (Å²) in [5.74, 6) is -0.619. The van der Waals surface area contributed by atoms with E-state index in [0.29, 0.717) is 36.6 Å². The summed E-state index contributed by atoms with van der Waals surface area (Å²) in [6.45, 7) is 4.77. The fourth-order valence-corrected chi connectivity index (χ4v) is 3.52. The summed E-state index contributed by atoms with van der Waals surface area (Å²) in [6, 6.07) is 12.6. The van der Waals surface area contributed by atoms with Gasteiger partial charge in [-0.3, -0.25) is 4.79 Å². The van der Waals surface area contributed by atoms with E-state index in [4.69, 9.17) is 9.47 Å². The maximum absolute atomic E-state index is 12.8. The molecular weight excluding hydrogens is 459 g/mol. The van der Waals surface area contributed by atoms with Gasteiger partial charge in [-0.15, -0.1) is 0 Å². The van der Waals surface area contributed by atoms with Crippen LogP contribution in [0.4, 0.5) is 11.4 Å². The molecule has 0 bridgehead atoms. The molecule has 3 rings (SSSR count). The Morgan fingerprint density at radius 2 is 1.93 bits per heavy atom. The summed E-state index contributed by atoms with van der Waals surface area (Å²) in [5, 5.41) is 2.97. The van der Waals surface area contributed by atoms with Crippen LogP contribution in [-0.4, -0.2) is 44.8 Å². The van der Waals surface area contributed by atoms with Gasteiger partial charge < -0.3 is 19.7 Å². The van der Waals surface area contributed by atoms with Gasteiger partial charge in [-0.25, -0.2) is 4.79 Å². The molecule has 2 aromatic carbocycles. The number of hydrogen-bond donors (Lipinski definition) is 1. The fraction of sp³-hybridized carbons (Fsp3) is 0.300. The number of anilines is 2. The normalized spacial score (nSPS) is 13.9. The molecule has 0 aliphatic carbocycles. The number of carbonyl (C=O) groups is 2. The lowest BCUT2D eigenvalue weighted by molar-refractivity contribution is 0.0526. The molecule has 0 unspecified atom stereocenters. The quantitative estimate of drug-likeness (QED) is 0.524. The Labute approximate surface area is 172 Å². The highest BCUT2D eigenvalue weighted by Gasteiger charge is 2.19. The van der Waals surface area contributed by atoms with Crippen LogP contribution in [0.5, 0.6) is 0 Å². The number of rotatable bonds is 5. The van der Waals surface area contributed by atoms with Gasteiger partial charge in [0.15, 0.2) is 0 Å². The average molecular weight is 480 g/mol. The zero-order chi connectivity index (χ0) is 19.2. The molecule has 0 atom stereocenters. The highest BCUT2D eigenvalue weighted by atomic mass is 127. The summed E-state index contributed by atoms with van der Waals surface area (Å²) >= 11 is 2.14. The predicted octanol–water partition coefficient (Wildman–Crippen LogP) is 3.56. The number of amides is 1. The van der Waals surface area contributed by atoms with Crippen molar-refractivity contribution in [3.8, 4) is 0 Å². The Bertz CT molecular complexity index is 834. The van der Waals surface area contributed by atoms with Crippen molar-refractivity contribution in [3.05, 3.63) is 57.2 Å². The number of hydrogen-bond acceptors (Lipinski definition) is 5. The smallest absolute Gasteiger partial charge is 0.338 e. The van der Waals surface area contributed by atoms with E-state index in [9.17, 15) is 9.59 Å². The zero-order valence-corrected chi connectivity index (χ0v) is 17.2. The molecule has 1 heterocycles. The van der Waals surface area contributed by atoms with E-state index >= 15 is 0 Å². The van der Waals surface area contributed by atoms with E-state index in [1.165, 1.54) is 0 Å². The SMILES string of the molecule is CCOC(=O)c1ccc(N2CCOCC2)c(NC(=O)c2ccccc2I)c1. The van der Waals surface area contributed by atoms with Crippen LogP contribution in [0.25, 0.3) is 0 Å². The second-order valence-corrected chi connectivity index (χ2v) is 7.15. The van der Waals surface area contributed by atoms with Crippen LogP contribution in [0.15, 0.2) is 42.5 Å². The van der Waals surface area contributed by atoms with Crippen molar-refractivity contribution >= 4 is 45.8 Å². The van der Waals surface area contributed by atoms with E-state index in [0.717, 1.165) is 22.3 Å². The van der Waals surface area contributed by atoms with Crippen LogP contribution in [0, 0.1) is 3.57 Å². The van der Waals surface area contributed by atoms with Gasteiger partial charge in [-0.05, 0) is 59.8 Å². The van der Waals surface area contributed by atoms with Crippen LogP contribution >= 0.6 is 22.6 Å². The largest absolute Gasteiger partial charge is 0.462 e. The standard InChI is InChI=1S/C20H21IN2O4/c1-2-27-20(25)14-7-8-18(23-9-11-26-12-10-23)17(13-14)22-19(24)15-5-3-4-6-16(15)21/h3-8,13H,2,9-12H2,1H3,(H,22,24). The van der Waals surface area contributed by atoms with Crippen molar-refractivity contribution in [2.24, 2.45) is 0 Å². The highest BCUT2D eigenvalue weighted by Crippen LogP contribution is 2.29. The maximum Gasteiger partial charge on any atom is 0.338 e. The molecule has 1 N–H and O–H groups in total. The van der Waals surface area contributed by atoms with Crippen molar-refractivity contribution in [2.75, 3.05) is 43.1 Å². The van der Waals surface area contributed by atoms with Crippen molar-refractivity contribution in [3.63, 3.8) is 0 Å². The van der Waals surface area contributed by atoms with E-state index in [-0.39, 0.29) is 5.91 Å². The first kappa shape index (κ1) is 19.6. The number of nitrogens with one attached hydrogen (secondary N) is 1. The predicted molar refractivity (Wildman–Crippen MR) is 113 cm³/mol. The van der Waals surface area contributed by atoms with Gasteiger partial charge >= 0.3 is 5.97 Å². The summed E-state index contributed by atoms with van der Waals surface area (Å²) in [7, 11) is 0. The third-order valence-corrected chi connectivity index (χ3v) is 5.17. The monoisotopic (exact) mass is 480 g/mol. The van der Waals surface area contributed by atoms with E-state index in [2.05, 4.69) is 32.8 Å². The summed E-state index contributed by atoms with van der Waals surface area (Å²) in [5.41, 5.74) is 2.46. The Kier molecular flexibility index (Phi) is 6.68. The fourth-order valence-electron chi connectivity index (χ4n) is 2.89. The molecule has 142 valence electrons. The first-order chi connectivity index (χ1) is 13.1. The molecule has 1 aliphatic rings. The molecule has 7 heteroatoms. The van der Waals surface area contributed by atoms with E-state index < -0.39 is 5.97 Å². The highest BCUT2D eigenvalue weighted by molar-refractivity contribution is 14.1. The molecule has 6 nitrogen and oxygen atoms in total. The zero-order valence-electron chi connectivity index (χ0n) is 15.0. The lowest BCUT2D eigenvalue weighted by Gasteiger charge is -2.30. The Balaban J connectivity index is 1.93. The number of nitrogens with zero attached hydrogens (tertiary/aromatic N) is 1. The molecule has 2 aromatic rings. The van der Waals surface area contributed by atoms with Crippen molar-refractivity contribution in [1.82, 2.24) is 0 Å². The first-order valence-electron chi connectivity index (χ1n) is 8.80. The third-order valence-electron chi connectivity index (χ3n) is 4.23. The summed E-state index contributed by atoms with van der Waals surface area (Å²) < 4.78 is 11.4. The van der Waals surface area contributed by atoms with E-state index in [1.807, 2.05) is 24.3 Å². The number of halogens is 1. The van der Waals surface area contributed by atoms with Crippen LogP contribution in [0.2, 0.25) is 0 Å². The topological polar surface area (TPSA) is 67.9 Å². The molecule has 0 spiro atoms. The minimum absolute atomic E-state index is 0.212. The minimum Gasteiger partial charge on any atom is -0.462 e.